The summed E-state index contributed by atoms with van der Waals surface area (Å²) in [5, 5.41) is 1.97. The van der Waals surface area contributed by atoms with Crippen molar-refractivity contribution in [2.24, 2.45) is 0 Å². The summed E-state index contributed by atoms with van der Waals surface area (Å²) in [6, 6.07) is 13.7. The Morgan fingerprint density at radius 1 is 1.07 bits per heavy atom. The average Bonchev–Trinajstić information content (AvgIpc) is 2.81. The van der Waals surface area contributed by atoms with Gasteiger partial charge in [0.2, 0.25) is 0 Å². The predicted octanol–water partition coefficient (Wildman–Crippen LogP) is 3.49. The molecule has 0 fully saturated rings. The number of benzene rings is 1. The van der Waals surface area contributed by atoms with E-state index in [0.29, 0.717) is 0 Å². The molecule has 2 rings (SSSR count). The van der Waals surface area contributed by atoms with Crippen molar-refractivity contribution < 1.29 is 4.79 Å². The van der Waals surface area contributed by atoms with E-state index in [9.17, 15) is 4.79 Å². The molecule has 0 saturated carbocycles. The summed E-state index contributed by atoms with van der Waals surface area (Å²) in [4.78, 5) is 12.0. The molecule has 0 bridgehead atoms. The van der Waals surface area contributed by atoms with E-state index >= 15 is 0 Å². The van der Waals surface area contributed by atoms with Gasteiger partial charge >= 0.3 is 0 Å². The Morgan fingerprint density at radius 2 is 1.87 bits per heavy atom. The Bertz CT molecular complexity index is 455. The van der Waals surface area contributed by atoms with Gasteiger partial charge in [-0.1, -0.05) is 36.4 Å². The highest BCUT2D eigenvalue weighted by Crippen LogP contribution is 2.20. The monoisotopic (exact) mass is 214 g/mol. The Hall–Kier alpha value is -1.67. The number of allylic oxidation sites excluding steroid dienone is 1. The maximum atomic E-state index is 10.9. The molecule has 0 aliphatic carbocycles. The van der Waals surface area contributed by atoms with Crippen LogP contribution in [-0.4, -0.2) is 6.29 Å². The fourth-order valence-corrected chi connectivity index (χ4v) is 2.04. The molecule has 2 heteroatoms. The zero-order valence-corrected chi connectivity index (χ0v) is 8.91. The summed E-state index contributed by atoms with van der Waals surface area (Å²) in [7, 11) is 0. The van der Waals surface area contributed by atoms with Crippen molar-refractivity contribution in [1.82, 2.24) is 0 Å². The van der Waals surface area contributed by atoms with Crippen LogP contribution in [0, 0.1) is 0 Å². The molecule has 0 aliphatic heterocycles. The maximum absolute atomic E-state index is 10.9. The second kappa shape index (κ2) is 4.71. The van der Waals surface area contributed by atoms with Crippen molar-refractivity contribution in [2.45, 2.75) is 0 Å². The van der Waals surface area contributed by atoms with Gasteiger partial charge in [0.15, 0.2) is 6.29 Å². The second-order valence-corrected chi connectivity index (χ2v) is 4.05. The summed E-state index contributed by atoms with van der Waals surface area (Å²) in [5.41, 5.74) is 1.78. The van der Waals surface area contributed by atoms with Gasteiger partial charge in [-0.2, -0.15) is 0 Å². The number of carbonyl (C=O) groups is 1. The first-order valence-corrected chi connectivity index (χ1v) is 5.54. The van der Waals surface area contributed by atoms with Gasteiger partial charge in [0.1, 0.15) is 0 Å². The minimum absolute atomic E-state index is 0.733. The predicted molar refractivity (Wildman–Crippen MR) is 64.7 cm³/mol. The lowest BCUT2D eigenvalue weighted by atomic mass is 10.1. The van der Waals surface area contributed by atoms with E-state index in [2.05, 4.69) is 0 Å². The second-order valence-electron chi connectivity index (χ2n) is 3.11. The molecule has 74 valence electrons. The molecule has 0 saturated heterocycles. The number of hydrogen-bond acceptors (Lipinski definition) is 2. The molecule has 1 aromatic carbocycles. The van der Waals surface area contributed by atoms with Gasteiger partial charge in [0.25, 0.3) is 0 Å². The lowest BCUT2D eigenvalue weighted by Gasteiger charge is -1.96. The highest BCUT2D eigenvalue weighted by Gasteiger charge is 2.00. The first kappa shape index (κ1) is 9.87. The van der Waals surface area contributed by atoms with Crippen LogP contribution in [0.1, 0.15) is 10.4 Å². The minimum atomic E-state index is 0.733. The zero-order chi connectivity index (χ0) is 10.5. The van der Waals surface area contributed by atoms with Crippen molar-refractivity contribution in [3.8, 4) is 0 Å². The van der Waals surface area contributed by atoms with E-state index in [0.717, 1.165) is 22.3 Å². The third kappa shape index (κ3) is 2.42. The molecule has 1 nitrogen and oxygen atoms in total. The standard InChI is InChI=1S/C13H10OS/c14-10-12(13-7-4-8-15-13)9-11-5-2-1-3-6-11/h1-10H. The van der Waals surface area contributed by atoms with Gasteiger partial charge in [-0.3, -0.25) is 4.79 Å². The SMILES string of the molecule is O=CC(=Cc1ccccc1)c1cccs1. The normalized spacial score (nSPS) is 11.3. The highest BCUT2D eigenvalue weighted by atomic mass is 32.1. The smallest absolute Gasteiger partial charge is 0.151 e. The van der Waals surface area contributed by atoms with Crippen molar-refractivity contribution in [3.63, 3.8) is 0 Å². The minimum Gasteiger partial charge on any atom is -0.298 e. The topological polar surface area (TPSA) is 17.1 Å². The van der Waals surface area contributed by atoms with Crippen LogP contribution in [0.4, 0.5) is 0 Å². The van der Waals surface area contributed by atoms with Gasteiger partial charge in [-0.05, 0) is 23.1 Å². The van der Waals surface area contributed by atoms with E-state index in [1.165, 1.54) is 0 Å². The fourth-order valence-electron chi connectivity index (χ4n) is 1.33. The van der Waals surface area contributed by atoms with E-state index in [4.69, 9.17) is 0 Å². The summed E-state index contributed by atoms with van der Waals surface area (Å²) in [6.07, 6.45) is 2.80. The van der Waals surface area contributed by atoms with E-state index in [1.54, 1.807) is 11.3 Å². The average molecular weight is 214 g/mol. The van der Waals surface area contributed by atoms with Crippen LogP contribution < -0.4 is 0 Å². The van der Waals surface area contributed by atoms with Gasteiger partial charge in [-0.15, -0.1) is 11.3 Å². The van der Waals surface area contributed by atoms with E-state index < -0.39 is 0 Å². The van der Waals surface area contributed by atoms with Crippen LogP contribution in [0.3, 0.4) is 0 Å². The Labute approximate surface area is 92.7 Å². The lowest BCUT2D eigenvalue weighted by Crippen LogP contribution is -1.81. The van der Waals surface area contributed by atoms with Crippen LogP contribution in [0.2, 0.25) is 0 Å². The molecular weight excluding hydrogens is 204 g/mol. The van der Waals surface area contributed by atoms with Crippen molar-refractivity contribution in [1.29, 1.82) is 0 Å². The zero-order valence-electron chi connectivity index (χ0n) is 8.09. The number of rotatable bonds is 3. The van der Waals surface area contributed by atoms with E-state index in [-0.39, 0.29) is 0 Å². The number of thiophene rings is 1. The van der Waals surface area contributed by atoms with Gasteiger partial charge in [0, 0.05) is 10.5 Å². The molecule has 0 N–H and O–H groups in total. The van der Waals surface area contributed by atoms with Crippen molar-refractivity contribution >= 4 is 29.3 Å². The quantitative estimate of drug-likeness (QED) is 0.564. The van der Waals surface area contributed by atoms with Gasteiger partial charge < -0.3 is 0 Å². The maximum Gasteiger partial charge on any atom is 0.151 e. The molecule has 0 amide bonds. The van der Waals surface area contributed by atoms with Gasteiger partial charge in [0.05, 0.1) is 0 Å². The van der Waals surface area contributed by atoms with Crippen molar-refractivity contribution in [3.05, 3.63) is 58.3 Å². The van der Waals surface area contributed by atoms with E-state index in [1.807, 2.05) is 53.9 Å². The molecule has 1 aromatic heterocycles. The summed E-state index contributed by atoms with van der Waals surface area (Å²) in [6.45, 7) is 0. The first-order chi connectivity index (χ1) is 7.40. The van der Waals surface area contributed by atoms with Crippen LogP contribution in [0.15, 0.2) is 47.8 Å². The molecule has 1 heterocycles. The molecular formula is C13H10OS. The summed E-state index contributed by atoms with van der Waals surface area (Å²) < 4.78 is 0. The summed E-state index contributed by atoms with van der Waals surface area (Å²) in [5.74, 6) is 0. The Kier molecular flexibility index (Phi) is 3.10. The largest absolute Gasteiger partial charge is 0.298 e. The third-order valence-electron chi connectivity index (χ3n) is 2.05. The van der Waals surface area contributed by atoms with Crippen LogP contribution in [0.25, 0.3) is 11.6 Å². The van der Waals surface area contributed by atoms with Crippen LogP contribution in [-0.2, 0) is 4.79 Å². The first-order valence-electron chi connectivity index (χ1n) is 4.66. The lowest BCUT2D eigenvalue weighted by molar-refractivity contribution is -0.103. The fraction of sp³-hybridized carbons (Fsp3) is 0. The Morgan fingerprint density at radius 3 is 2.47 bits per heavy atom. The molecule has 2 aromatic rings. The number of aldehydes is 1. The third-order valence-corrected chi connectivity index (χ3v) is 2.97. The molecule has 0 radical (unpaired) electrons. The molecule has 0 unspecified atom stereocenters. The van der Waals surface area contributed by atoms with Crippen LogP contribution >= 0.6 is 11.3 Å². The highest BCUT2D eigenvalue weighted by molar-refractivity contribution is 7.11. The summed E-state index contributed by atoms with van der Waals surface area (Å²) >= 11 is 1.58. The van der Waals surface area contributed by atoms with Crippen LogP contribution in [0.5, 0.6) is 0 Å². The van der Waals surface area contributed by atoms with Gasteiger partial charge in [-0.25, -0.2) is 0 Å². The number of carbonyl (C=O) groups excluding carboxylic acids is 1. The Balaban J connectivity index is 2.36. The molecule has 0 atom stereocenters. The molecule has 15 heavy (non-hydrogen) atoms. The van der Waals surface area contributed by atoms with Crippen molar-refractivity contribution in [2.75, 3.05) is 0 Å². The number of hydrogen-bond donors (Lipinski definition) is 0. The molecule has 0 aliphatic rings. The molecule has 0 spiro atoms.